The molecule has 3 heterocycles. The smallest absolute Gasteiger partial charge is 0.457 e. The molecule has 0 bridgehead atoms. The summed E-state index contributed by atoms with van der Waals surface area (Å²) in [5.41, 5.74) is 7.69. The van der Waals surface area contributed by atoms with Crippen molar-refractivity contribution in [3.63, 3.8) is 0 Å². The minimum atomic E-state index is -0.594. The van der Waals surface area contributed by atoms with Gasteiger partial charge < -0.3 is 18.9 Å². The molecule has 1 atom stereocenters. The molecule has 238 valence electrons. The van der Waals surface area contributed by atoms with Crippen LogP contribution in [0.5, 0.6) is 0 Å². The molecule has 1 aliphatic carbocycles. The zero-order valence-electron chi connectivity index (χ0n) is 26.9. The highest BCUT2D eigenvalue weighted by atomic mass is 19.1. The highest BCUT2D eigenvalue weighted by molar-refractivity contribution is 6.56. The molecule has 0 radical (unpaired) electrons. The van der Waals surface area contributed by atoms with Gasteiger partial charge in [0.1, 0.15) is 5.60 Å². The fourth-order valence-corrected chi connectivity index (χ4v) is 6.10. The fourth-order valence-electron chi connectivity index (χ4n) is 6.10. The van der Waals surface area contributed by atoms with Crippen molar-refractivity contribution in [2.45, 2.75) is 90.5 Å². The first-order valence-corrected chi connectivity index (χ1v) is 16.1. The molecule has 6 rings (SSSR count). The number of allylic oxidation sites excluding steroid dienone is 1. The molecule has 1 saturated carbocycles. The van der Waals surface area contributed by atoms with Crippen LogP contribution in [0.3, 0.4) is 0 Å². The second-order valence-corrected chi connectivity index (χ2v) is 14.0. The molecule has 1 aromatic heterocycles. The largest absolute Gasteiger partial charge is 0.507 e. The van der Waals surface area contributed by atoms with Crippen LogP contribution in [-0.2, 0) is 23.7 Å². The van der Waals surface area contributed by atoms with Gasteiger partial charge in [-0.2, -0.15) is 4.39 Å². The van der Waals surface area contributed by atoms with Gasteiger partial charge in [-0.1, -0.05) is 36.8 Å². The first-order valence-electron chi connectivity index (χ1n) is 16.1. The summed E-state index contributed by atoms with van der Waals surface area (Å²) in [6.07, 6.45) is 8.94. The van der Waals surface area contributed by atoms with Crippen LogP contribution in [0.15, 0.2) is 54.0 Å². The minimum Gasteiger partial charge on any atom is -0.457 e. The van der Waals surface area contributed by atoms with Crippen molar-refractivity contribution < 1.29 is 28.1 Å². The second-order valence-electron chi connectivity index (χ2n) is 14.0. The third-order valence-corrected chi connectivity index (χ3v) is 8.52. The molecular weight excluding hydrogens is 572 g/mol. The molecule has 1 unspecified atom stereocenters. The summed E-state index contributed by atoms with van der Waals surface area (Å²) in [4.78, 5) is 12.3. The number of hydrogen-bond acceptors (Lipinski definition) is 7. The van der Waals surface area contributed by atoms with Gasteiger partial charge in [-0.3, -0.25) is 0 Å². The van der Waals surface area contributed by atoms with Crippen LogP contribution in [0.1, 0.15) is 96.1 Å². The third kappa shape index (κ3) is 7.25. The van der Waals surface area contributed by atoms with Crippen LogP contribution < -0.4 is 5.48 Å². The molecule has 0 amide bonds. The zero-order chi connectivity index (χ0) is 31.8. The van der Waals surface area contributed by atoms with E-state index in [4.69, 9.17) is 18.9 Å². The summed E-state index contributed by atoms with van der Waals surface area (Å²) in [5, 5.41) is 4.72. The maximum atomic E-state index is 15.5. The Morgan fingerprint density at radius 1 is 1.09 bits per heavy atom. The van der Waals surface area contributed by atoms with Crippen molar-refractivity contribution in [1.29, 1.82) is 0 Å². The van der Waals surface area contributed by atoms with Crippen molar-refractivity contribution in [2.75, 3.05) is 13.2 Å². The van der Waals surface area contributed by atoms with Gasteiger partial charge in [0.25, 0.3) is 0 Å². The summed E-state index contributed by atoms with van der Waals surface area (Å²) in [6.45, 7) is 10.7. The normalized spacial score (nSPS) is 21.6. The van der Waals surface area contributed by atoms with E-state index in [2.05, 4.69) is 10.6 Å². The Balaban J connectivity index is 1.42. The van der Waals surface area contributed by atoms with Gasteiger partial charge >= 0.3 is 13.1 Å². The standard InChI is InChI=1S/C35H43BFN3O5/c1-34(2,3)44-30(41)19-14-23-12-15-24(16-13-23)31(32(25-9-8-10-25)36-43-22-35(4,5)39-45-36)26-17-18-28-27(21-26)33(37)38-40(28)29-11-6-7-20-42-29/h12-19,21,25,29,39H,6-11,20,22H2,1-5H3/b19-14+,32-31+. The number of nitrogens with zero attached hydrogens (tertiary/aromatic N) is 2. The number of hydrogen-bond donors (Lipinski definition) is 1. The number of esters is 1. The van der Waals surface area contributed by atoms with Crippen LogP contribution in [-0.4, -0.2) is 47.2 Å². The first-order chi connectivity index (χ1) is 21.5. The van der Waals surface area contributed by atoms with Gasteiger partial charge in [0.15, 0.2) is 6.23 Å². The molecule has 8 nitrogen and oxygen atoms in total. The van der Waals surface area contributed by atoms with Crippen molar-refractivity contribution in [3.8, 4) is 0 Å². The third-order valence-electron chi connectivity index (χ3n) is 8.52. The van der Waals surface area contributed by atoms with Crippen LogP contribution in [0.4, 0.5) is 4.39 Å². The minimum absolute atomic E-state index is 0.263. The van der Waals surface area contributed by atoms with Gasteiger partial charge in [0.05, 0.1) is 23.0 Å². The Bertz CT molecular complexity index is 1590. The predicted octanol–water partition coefficient (Wildman–Crippen LogP) is 7.19. The first kappa shape index (κ1) is 31.7. The van der Waals surface area contributed by atoms with Crippen molar-refractivity contribution in [1.82, 2.24) is 15.3 Å². The number of nitrogens with one attached hydrogen (secondary N) is 1. The Kier molecular flexibility index (Phi) is 9.03. The average Bonchev–Trinajstić information content (AvgIpc) is 3.31. The van der Waals surface area contributed by atoms with Crippen LogP contribution in [0.2, 0.25) is 0 Å². The van der Waals surface area contributed by atoms with Gasteiger partial charge in [-0.15, -0.1) is 5.10 Å². The Labute approximate surface area is 265 Å². The lowest BCUT2D eigenvalue weighted by Crippen LogP contribution is -2.55. The lowest BCUT2D eigenvalue weighted by molar-refractivity contribution is -0.148. The number of hydroxylamine groups is 1. The fraction of sp³-hybridized carbons (Fsp3) is 0.486. The molecule has 45 heavy (non-hydrogen) atoms. The van der Waals surface area contributed by atoms with Gasteiger partial charge in [0.2, 0.25) is 5.95 Å². The van der Waals surface area contributed by atoms with Crippen LogP contribution in [0.25, 0.3) is 22.6 Å². The zero-order valence-corrected chi connectivity index (χ0v) is 26.9. The molecule has 1 N–H and O–H groups in total. The molecule has 3 aliphatic rings. The Hall–Kier alpha value is -3.31. The number of ether oxygens (including phenoxy) is 2. The van der Waals surface area contributed by atoms with Gasteiger partial charge in [0, 0.05) is 12.7 Å². The monoisotopic (exact) mass is 615 g/mol. The number of fused-ring (bicyclic) bond motifs is 1. The van der Waals surface area contributed by atoms with Crippen molar-refractivity contribution in [2.24, 2.45) is 5.92 Å². The lowest BCUT2D eigenvalue weighted by Gasteiger charge is -2.39. The highest BCUT2D eigenvalue weighted by Crippen LogP contribution is 2.43. The van der Waals surface area contributed by atoms with E-state index < -0.39 is 24.6 Å². The molecule has 2 saturated heterocycles. The van der Waals surface area contributed by atoms with E-state index in [-0.39, 0.29) is 17.7 Å². The van der Waals surface area contributed by atoms with Crippen molar-refractivity contribution >= 4 is 35.6 Å². The quantitative estimate of drug-likeness (QED) is 0.171. The number of carbonyl (C=O) groups is 1. The molecule has 2 aliphatic heterocycles. The predicted molar refractivity (Wildman–Crippen MR) is 173 cm³/mol. The van der Waals surface area contributed by atoms with E-state index >= 15 is 4.39 Å². The Morgan fingerprint density at radius 3 is 2.47 bits per heavy atom. The number of carbonyl (C=O) groups excluding carboxylic acids is 1. The number of aromatic nitrogens is 2. The summed E-state index contributed by atoms with van der Waals surface area (Å²) >= 11 is 0. The van der Waals surface area contributed by atoms with E-state index in [1.807, 2.05) is 77.1 Å². The molecule has 2 aromatic carbocycles. The number of rotatable bonds is 7. The summed E-state index contributed by atoms with van der Waals surface area (Å²) in [6, 6.07) is 13.9. The van der Waals surface area contributed by atoms with Crippen molar-refractivity contribution in [3.05, 3.63) is 76.7 Å². The van der Waals surface area contributed by atoms with E-state index in [0.29, 0.717) is 24.1 Å². The highest BCUT2D eigenvalue weighted by Gasteiger charge is 2.41. The summed E-state index contributed by atoms with van der Waals surface area (Å²) in [7, 11) is -0.594. The summed E-state index contributed by atoms with van der Waals surface area (Å²) in [5.74, 6) is -0.642. The number of benzene rings is 2. The molecule has 3 aromatic rings. The van der Waals surface area contributed by atoms with Crippen LogP contribution in [0, 0.1) is 11.9 Å². The van der Waals surface area contributed by atoms with Crippen LogP contribution >= 0.6 is 0 Å². The molecule has 10 heteroatoms. The van der Waals surface area contributed by atoms with E-state index in [1.54, 1.807) is 10.8 Å². The average molecular weight is 616 g/mol. The van der Waals surface area contributed by atoms with E-state index in [0.717, 1.165) is 66.3 Å². The number of halogens is 1. The maximum absolute atomic E-state index is 15.5. The Morgan fingerprint density at radius 2 is 1.84 bits per heavy atom. The van der Waals surface area contributed by atoms with Gasteiger partial charge in [-0.05, 0) is 119 Å². The molecular formula is C35H43BFN3O5. The second kappa shape index (κ2) is 12.8. The molecule has 0 spiro atoms. The summed E-state index contributed by atoms with van der Waals surface area (Å²) < 4.78 is 41.0. The maximum Gasteiger partial charge on any atom is 0.507 e. The SMILES string of the molecule is CC1(C)COB(/C(=C(\c2ccc(/C=C/C(=O)OC(C)(C)C)cc2)c2ccc3c(c2)c(F)nn3C2CCCCO2)C2CCC2)ON1. The van der Waals surface area contributed by atoms with E-state index in [1.165, 1.54) is 6.08 Å². The van der Waals surface area contributed by atoms with Gasteiger partial charge in [-0.25, -0.2) is 15.0 Å². The molecule has 3 fully saturated rings. The topological polar surface area (TPSA) is 83.8 Å². The van der Waals surface area contributed by atoms with E-state index in [9.17, 15) is 4.79 Å². The lowest BCUT2D eigenvalue weighted by atomic mass is 9.60.